The fourth-order valence-corrected chi connectivity index (χ4v) is 1.96. The first-order chi connectivity index (χ1) is 8.84. The van der Waals surface area contributed by atoms with Gasteiger partial charge in [-0.15, -0.1) is 12.4 Å². The summed E-state index contributed by atoms with van der Waals surface area (Å²) in [7, 11) is 0. The number of benzene rings is 1. The maximum absolute atomic E-state index is 11.7. The van der Waals surface area contributed by atoms with Crippen molar-refractivity contribution in [1.29, 1.82) is 0 Å². The SMILES string of the molecule is CC(C)(CN)NC(=O)CCCc1ccc(Cl)c(Cl)c1.Cl. The van der Waals surface area contributed by atoms with Crippen LogP contribution in [0.4, 0.5) is 0 Å². The van der Waals surface area contributed by atoms with E-state index >= 15 is 0 Å². The third-order valence-electron chi connectivity index (χ3n) is 2.84. The largest absolute Gasteiger partial charge is 0.350 e. The van der Waals surface area contributed by atoms with E-state index in [4.69, 9.17) is 28.9 Å². The summed E-state index contributed by atoms with van der Waals surface area (Å²) >= 11 is 11.8. The van der Waals surface area contributed by atoms with Gasteiger partial charge >= 0.3 is 0 Å². The van der Waals surface area contributed by atoms with Gasteiger partial charge in [0.05, 0.1) is 10.0 Å². The highest BCUT2D eigenvalue weighted by molar-refractivity contribution is 6.42. The van der Waals surface area contributed by atoms with Gasteiger partial charge < -0.3 is 11.1 Å². The number of amides is 1. The number of nitrogens with one attached hydrogen (secondary N) is 1. The molecule has 0 aromatic heterocycles. The van der Waals surface area contributed by atoms with Gasteiger partial charge in [-0.2, -0.15) is 0 Å². The lowest BCUT2D eigenvalue weighted by Crippen LogP contribution is -2.48. The molecule has 20 heavy (non-hydrogen) atoms. The number of aryl methyl sites for hydroxylation is 1. The number of hydrogen-bond acceptors (Lipinski definition) is 2. The zero-order chi connectivity index (χ0) is 14.5. The zero-order valence-corrected chi connectivity index (χ0v) is 14.0. The average Bonchev–Trinajstić information content (AvgIpc) is 2.33. The van der Waals surface area contributed by atoms with E-state index in [0.717, 1.165) is 18.4 Å². The van der Waals surface area contributed by atoms with E-state index in [0.29, 0.717) is 23.0 Å². The number of halogens is 3. The van der Waals surface area contributed by atoms with Crippen LogP contribution in [0.3, 0.4) is 0 Å². The monoisotopic (exact) mass is 338 g/mol. The van der Waals surface area contributed by atoms with Gasteiger partial charge in [0.15, 0.2) is 0 Å². The Balaban J connectivity index is 0.00000361. The van der Waals surface area contributed by atoms with Crippen LogP contribution in [0.5, 0.6) is 0 Å². The molecule has 6 heteroatoms. The highest BCUT2D eigenvalue weighted by Crippen LogP contribution is 2.23. The minimum Gasteiger partial charge on any atom is -0.350 e. The summed E-state index contributed by atoms with van der Waals surface area (Å²) in [5, 5.41) is 4.00. The molecule has 114 valence electrons. The van der Waals surface area contributed by atoms with Crippen molar-refractivity contribution in [3.63, 3.8) is 0 Å². The van der Waals surface area contributed by atoms with Crippen LogP contribution in [0.15, 0.2) is 18.2 Å². The molecule has 1 aromatic rings. The Morgan fingerprint density at radius 1 is 1.30 bits per heavy atom. The van der Waals surface area contributed by atoms with Crippen molar-refractivity contribution >= 4 is 41.5 Å². The van der Waals surface area contributed by atoms with Gasteiger partial charge in [-0.05, 0) is 44.4 Å². The molecule has 1 aromatic carbocycles. The molecule has 0 aliphatic rings. The minimum absolute atomic E-state index is 0. The standard InChI is InChI=1S/C14H20Cl2N2O.ClH/c1-14(2,9-17)18-13(19)5-3-4-10-6-7-11(15)12(16)8-10;/h6-8H,3-5,9,17H2,1-2H3,(H,18,19);1H. The molecule has 0 unspecified atom stereocenters. The fraction of sp³-hybridized carbons (Fsp3) is 0.500. The molecule has 0 aliphatic carbocycles. The number of carbonyl (C=O) groups is 1. The highest BCUT2D eigenvalue weighted by Gasteiger charge is 2.17. The van der Waals surface area contributed by atoms with Gasteiger partial charge in [0, 0.05) is 18.5 Å². The van der Waals surface area contributed by atoms with Crippen molar-refractivity contribution in [2.75, 3.05) is 6.54 Å². The van der Waals surface area contributed by atoms with Gasteiger partial charge in [0.25, 0.3) is 0 Å². The summed E-state index contributed by atoms with van der Waals surface area (Å²) in [5.74, 6) is 0.0236. The molecule has 0 fully saturated rings. The fourth-order valence-electron chi connectivity index (χ4n) is 1.64. The van der Waals surface area contributed by atoms with Gasteiger partial charge in [-0.25, -0.2) is 0 Å². The lowest BCUT2D eigenvalue weighted by Gasteiger charge is -2.24. The third-order valence-corrected chi connectivity index (χ3v) is 3.58. The van der Waals surface area contributed by atoms with E-state index in [2.05, 4.69) is 5.32 Å². The maximum Gasteiger partial charge on any atom is 0.220 e. The Morgan fingerprint density at radius 2 is 1.95 bits per heavy atom. The van der Waals surface area contributed by atoms with Crippen molar-refractivity contribution in [2.45, 2.75) is 38.6 Å². The Kier molecular flexibility index (Phi) is 8.52. The normalized spacial score (nSPS) is 10.8. The van der Waals surface area contributed by atoms with Crippen LogP contribution < -0.4 is 11.1 Å². The van der Waals surface area contributed by atoms with E-state index in [1.807, 2.05) is 26.0 Å². The lowest BCUT2D eigenvalue weighted by atomic mass is 10.0. The summed E-state index contributed by atoms with van der Waals surface area (Å²) in [6.07, 6.45) is 2.04. The second-order valence-corrected chi connectivity index (χ2v) is 6.05. The van der Waals surface area contributed by atoms with E-state index in [1.165, 1.54) is 0 Å². The number of rotatable bonds is 6. The molecule has 0 atom stereocenters. The summed E-state index contributed by atoms with van der Waals surface area (Å²) in [5.41, 5.74) is 6.30. The van der Waals surface area contributed by atoms with Crippen molar-refractivity contribution in [2.24, 2.45) is 5.73 Å². The summed E-state index contributed by atoms with van der Waals surface area (Å²) in [6, 6.07) is 5.54. The maximum atomic E-state index is 11.7. The molecule has 0 radical (unpaired) electrons. The Morgan fingerprint density at radius 3 is 2.50 bits per heavy atom. The van der Waals surface area contributed by atoms with Crippen LogP contribution in [-0.4, -0.2) is 18.0 Å². The lowest BCUT2D eigenvalue weighted by molar-refractivity contribution is -0.122. The molecule has 3 nitrogen and oxygen atoms in total. The predicted octanol–water partition coefficient (Wildman–Crippen LogP) is 3.59. The molecule has 0 heterocycles. The third kappa shape index (κ3) is 6.80. The van der Waals surface area contributed by atoms with Crippen molar-refractivity contribution < 1.29 is 4.79 Å². The van der Waals surface area contributed by atoms with Crippen molar-refractivity contribution in [3.8, 4) is 0 Å². The molecular weight excluding hydrogens is 319 g/mol. The number of carbonyl (C=O) groups excluding carboxylic acids is 1. The molecule has 1 rings (SSSR count). The first-order valence-corrected chi connectivity index (χ1v) is 7.04. The van der Waals surface area contributed by atoms with Gasteiger partial charge in [-0.1, -0.05) is 29.3 Å². The summed E-state index contributed by atoms with van der Waals surface area (Å²) < 4.78 is 0. The molecule has 3 N–H and O–H groups in total. The molecule has 1 amide bonds. The van der Waals surface area contributed by atoms with E-state index in [1.54, 1.807) is 6.07 Å². The second kappa shape index (κ2) is 8.73. The van der Waals surface area contributed by atoms with Crippen LogP contribution >= 0.6 is 35.6 Å². The molecule has 0 saturated carbocycles. The van der Waals surface area contributed by atoms with Crippen molar-refractivity contribution in [1.82, 2.24) is 5.32 Å². The first kappa shape index (κ1) is 19.5. The van der Waals surface area contributed by atoms with Crippen LogP contribution in [0, 0.1) is 0 Å². The van der Waals surface area contributed by atoms with E-state index in [-0.39, 0.29) is 23.9 Å². The zero-order valence-electron chi connectivity index (χ0n) is 11.7. The second-order valence-electron chi connectivity index (χ2n) is 5.24. The van der Waals surface area contributed by atoms with Crippen LogP contribution in [0.2, 0.25) is 10.0 Å². The van der Waals surface area contributed by atoms with Crippen LogP contribution in [0.1, 0.15) is 32.3 Å². The predicted molar refractivity (Wildman–Crippen MR) is 87.9 cm³/mol. The molecule has 0 aliphatic heterocycles. The van der Waals surface area contributed by atoms with Gasteiger partial charge in [0.2, 0.25) is 5.91 Å². The topological polar surface area (TPSA) is 55.1 Å². The van der Waals surface area contributed by atoms with E-state index < -0.39 is 0 Å². The minimum atomic E-state index is -0.347. The molecular formula is C14H21Cl3N2O. The van der Waals surface area contributed by atoms with E-state index in [9.17, 15) is 4.79 Å². The smallest absolute Gasteiger partial charge is 0.220 e. The Labute approximate surface area is 136 Å². The highest BCUT2D eigenvalue weighted by atomic mass is 35.5. The quantitative estimate of drug-likeness (QED) is 0.832. The average molecular weight is 340 g/mol. The summed E-state index contributed by atoms with van der Waals surface area (Å²) in [6.45, 7) is 4.24. The number of nitrogens with two attached hydrogens (primary N) is 1. The Hall–Kier alpha value is -0.480. The molecule has 0 spiro atoms. The van der Waals surface area contributed by atoms with Gasteiger partial charge in [-0.3, -0.25) is 4.79 Å². The van der Waals surface area contributed by atoms with Crippen molar-refractivity contribution in [3.05, 3.63) is 33.8 Å². The Bertz CT molecular complexity index is 450. The molecule has 0 saturated heterocycles. The first-order valence-electron chi connectivity index (χ1n) is 6.29. The molecule has 0 bridgehead atoms. The van der Waals surface area contributed by atoms with Crippen LogP contribution in [0.25, 0.3) is 0 Å². The summed E-state index contributed by atoms with van der Waals surface area (Å²) in [4.78, 5) is 11.7. The van der Waals surface area contributed by atoms with Gasteiger partial charge in [0.1, 0.15) is 0 Å². The van der Waals surface area contributed by atoms with Crippen LogP contribution in [-0.2, 0) is 11.2 Å². The number of hydrogen-bond donors (Lipinski definition) is 2.